The Hall–Kier alpha value is -2.25. The lowest BCUT2D eigenvalue weighted by Gasteiger charge is -2.32. The van der Waals surface area contributed by atoms with Crippen LogP contribution in [0.5, 0.6) is 5.75 Å². The van der Waals surface area contributed by atoms with Crippen LogP contribution in [-0.4, -0.2) is 36.5 Å². The van der Waals surface area contributed by atoms with Crippen LogP contribution in [0, 0.1) is 0 Å². The summed E-state index contributed by atoms with van der Waals surface area (Å²) in [5.41, 5.74) is 0.446. The fraction of sp³-hybridized carbons (Fsp3) is 0.381. The maximum Gasteiger partial charge on any atom is 0.416 e. The van der Waals surface area contributed by atoms with Gasteiger partial charge < -0.3 is 10.1 Å². The number of carbonyl (C=O) groups excluding carboxylic acids is 1. The van der Waals surface area contributed by atoms with E-state index in [4.69, 9.17) is 16.3 Å². The average molecular weight is 427 g/mol. The first-order valence-corrected chi connectivity index (χ1v) is 9.73. The van der Waals surface area contributed by atoms with Gasteiger partial charge >= 0.3 is 6.18 Å². The zero-order valence-electron chi connectivity index (χ0n) is 15.7. The molecule has 156 valence electrons. The van der Waals surface area contributed by atoms with Crippen molar-refractivity contribution in [3.63, 3.8) is 0 Å². The Bertz CT molecular complexity index is 802. The van der Waals surface area contributed by atoms with E-state index < -0.39 is 11.7 Å². The smallest absolute Gasteiger partial charge is 0.416 e. The molecule has 1 saturated heterocycles. The van der Waals surface area contributed by atoms with Crippen molar-refractivity contribution in [3.8, 4) is 5.75 Å². The van der Waals surface area contributed by atoms with Crippen LogP contribution in [0.15, 0.2) is 48.5 Å². The third-order valence-electron chi connectivity index (χ3n) is 4.82. The monoisotopic (exact) mass is 426 g/mol. The van der Waals surface area contributed by atoms with Crippen LogP contribution in [0.25, 0.3) is 0 Å². The van der Waals surface area contributed by atoms with Crippen molar-refractivity contribution >= 4 is 17.5 Å². The van der Waals surface area contributed by atoms with Crippen molar-refractivity contribution in [3.05, 3.63) is 64.7 Å². The van der Waals surface area contributed by atoms with Crippen LogP contribution < -0.4 is 10.1 Å². The first-order chi connectivity index (χ1) is 13.8. The Morgan fingerprint density at radius 1 is 1.07 bits per heavy atom. The number of nitrogens with one attached hydrogen (secondary N) is 1. The highest BCUT2D eigenvalue weighted by molar-refractivity contribution is 6.30. The summed E-state index contributed by atoms with van der Waals surface area (Å²) < 4.78 is 42.9. The second-order valence-electron chi connectivity index (χ2n) is 7.06. The molecule has 2 aromatic rings. The Balaban J connectivity index is 1.38. The van der Waals surface area contributed by atoms with Gasteiger partial charge in [-0.15, -0.1) is 0 Å². The van der Waals surface area contributed by atoms with Gasteiger partial charge in [0, 0.05) is 30.7 Å². The van der Waals surface area contributed by atoms with Crippen LogP contribution in [0.1, 0.15) is 24.0 Å². The molecule has 0 aromatic heterocycles. The summed E-state index contributed by atoms with van der Waals surface area (Å²) in [5.74, 6) is -0.0491. The lowest BCUT2D eigenvalue weighted by atomic mass is 10.0. The molecule has 0 aliphatic carbocycles. The molecule has 1 fully saturated rings. The largest absolute Gasteiger partial charge is 0.484 e. The van der Waals surface area contributed by atoms with Gasteiger partial charge in [-0.2, -0.15) is 13.2 Å². The van der Waals surface area contributed by atoms with Crippen molar-refractivity contribution in [2.24, 2.45) is 0 Å². The number of halogens is 4. The summed E-state index contributed by atoms with van der Waals surface area (Å²) >= 11 is 5.90. The number of alkyl halides is 3. The van der Waals surface area contributed by atoms with Gasteiger partial charge in [-0.1, -0.05) is 23.7 Å². The fourth-order valence-electron chi connectivity index (χ4n) is 3.24. The van der Waals surface area contributed by atoms with Gasteiger partial charge in [0.2, 0.25) is 0 Å². The first kappa shape index (κ1) is 21.5. The molecule has 1 aliphatic rings. The van der Waals surface area contributed by atoms with Crippen molar-refractivity contribution in [1.82, 2.24) is 10.2 Å². The van der Waals surface area contributed by atoms with Gasteiger partial charge in [0.25, 0.3) is 5.91 Å². The molecule has 0 spiro atoms. The summed E-state index contributed by atoms with van der Waals surface area (Å²) in [6.45, 7) is 2.35. The van der Waals surface area contributed by atoms with Crippen LogP contribution in [0.4, 0.5) is 13.2 Å². The Morgan fingerprint density at radius 2 is 1.69 bits per heavy atom. The van der Waals surface area contributed by atoms with E-state index >= 15 is 0 Å². The maximum absolute atomic E-state index is 12.5. The highest BCUT2D eigenvalue weighted by Crippen LogP contribution is 2.30. The number of amides is 1. The van der Waals surface area contributed by atoms with E-state index in [0.29, 0.717) is 5.02 Å². The second kappa shape index (κ2) is 9.50. The third-order valence-corrected chi connectivity index (χ3v) is 5.08. The van der Waals surface area contributed by atoms with Crippen molar-refractivity contribution in [2.45, 2.75) is 31.6 Å². The molecular weight excluding hydrogens is 405 g/mol. The number of nitrogens with zero attached hydrogens (tertiary/aromatic N) is 1. The van der Waals surface area contributed by atoms with Crippen LogP contribution in [-0.2, 0) is 17.5 Å². The summed E-state index contributed by atoms with van der Waals surface area (Å²) in [5, 5.41) is 3.64. The zero-order chi connectivity index (χ0) is 20.9. The van der Waals surface area contributed by atoms with Gasteiger partial charge in [0.05, 0.1) is 5.56 Å². The van der Waals surface area contributed by atoms with Crippen molar-refractivity contribution in [2.75, 3.05) is 19.7 Å². The molecule has 2 aromatic carbocycles. The molecule has 8 heteroatoms. The summed E-state index contributed by atoms with van der Waals surface area (Å²) in [7, 11) is 0. The topological polar surface area (TPSA) is 41.6 Å². The standard InChI is InChI=1S/C21H22ClF3N2O2/c22-17-5-1-15(2-6-17)13-27-11-9-18(10-12-27)26-20(28)14-29-19-7-3-16(4-8-19)21(23,24)25/h1-8,18H,9-14H2,(H,26,28). The second-order valence-corrected chi connectivity index (χ2v) is 7.49. The zero-order valence-corrected chi connectivity index (χ0v) is 16.5. The van der Waals surface area contributed by atoms with E-state index in [1.54, 1.807) is 0 Å². The number of hydrogen-bond acceptors (Lipinski definition) is 3. The van der Waals surface area contributed by atoms with E-state index in [9.17, 15) is 18.0 Å². The highest BCUT2D eigenvalue weighted by Gasteiger charge is 2.30. The summed E-state index contributed by atoms with van der Waals surface area (Å²) in [6.07, 6.45) is -2.72. The molecule has 1 aliphatic heterocycles. The number of rotatable bonds is 6. The maximum atomic E-state index is 12.5. The Labute approximate surface area is 172 Å². The number of ether oxygens (including phenoxy) is 1. The van der Waals surface area contributed by atoms with E-state index in [1.165, 1.54) is 17.7 Å². The summed E-state index contributed by atoms with van der Waals surface area (Å²) in [4.78, 5) is 14.4. The molecule has 1 amide bonds. The molecule has 3 rings (SSSR count). The van der Waals surface area contributed by atoms with Crippen LogP contribution in [0.2, 0.25) is 5.02 Å². The van der Waals surface area contributed by atoms with Gasteiger partial charge in [-0.05, 0) is 54.8 Å². The predicted molar refractivity (Wildman–Crippen MR) is 105 cm³/mol. The highest BCUT2D eigenvalue weighted by atomic mass is 35.5. The average Bonchev–Trinajstić information content (AvgIpc) is 2.69. The SMILES string of the molecule is O=C(COc1ccc(C(F)(F)F)cc1)NC1CCN(Cc2ccc(Cl)cc2)CC1. The number of hydrogen-bond donors (Lipinski definition) is 1. The predicted octanol–water partition coefficient (Wildman–Crippen LogP) is 4.52. The van der Waals surface area contributed by atoms with Gasteiger partial charge in [-0.3, -0.25) is 9.69 Å². The lowest BCUT2D eigenvalue weighted by Crippen LogP contribution is -2.45. The van der Waals surface area contributed by atoms with E-state index in [0.717, 1.165) is 44.6 Å². The Morgan fingerprint density at radius 3 is 2.28 bits per heavy atom. The van der Waals surface area contributed by atoms with E-state index in [2.05, 4.69) is 10.2 Å². The van der Waals surface area contributed by atoms with E-state index in [1.807, 2.05) is 24.3 Å². The van der Waals surface area contributed by atoms with E-state index in [-0.39, 0.29) is 24.3 Å². The minimum Gasteiger partial charge on any atom is -0.484 e. The van der Waals surface area contributed by atoms with Crippen molar-refractivity contribution in [1.29, 1.82) is 0 Å². The summed E-state index contributed by atoms with van der Waals surface area (Å²) in [6, 6.07) is 12.1. The molecule has 0 radical (unpaired) electrons. The number of benzene rings is 2. The normalized spacial score (nSPS) is 15.9. The minimum absolute atomic E-state index is 0.0696. The molecule has 4 nitrogen and oxygen atoms in total. The Kier molecular flexibility index (Phi) is 7.03. The number of carbonyl (C=O) groups is 1. The fourth-order valence-corrected chi connectivity index (χ4v) is 3.37. The molecule has 0 saturated carbocycles. The number of likely N-dealkylation sites (tertiary alicyclic amines) is 1. The quantitative estimate of drug-likeness (QED) is 0.738. The lowest BCUT2D eigenvalue weighted by molar-refractivity contribution is -0.137. The molecule has 1 N–H and O–H groups in total. The van der Waals surface area contributed by atoms with Gasteiger partial charge in [0.1, 0.15) is 5.75 Å². The van der Waals surface area contributed by atoms with Crippen molar-refractivity contribution < 1.29 is 22.7 Å². The van der Waals surface area contributed by atoms with Gasteiger partial charge in [-0.25, -0.2) is 0 Å². The molecule has 0 atom stereocenters. The minimum atomic E-state index is -4.39. The number of piperidine rings is 1. The molecule has 0 unspecified atom stereocenters. The third kappa shape index (κ3) is 6.65. The van der Waals surface area contributed by atoms with Gasteiger partial charge in [0.15, 0.2) is 6.61 Å². The molecular formula is C21H22ClF3N2O2. The molecule has 0 bridgehead atoms. The van der Waals surface area contributed by atoms with Crippen LogP contribution >= 0.6 is 11.6 Å². The molecule has 1 heterocycles. The molecule has 29 heavy (non-hydrogen) atoms. The first-order valence-electron chi connectivity index (χ1n) is 9.36. The van der Waals surface area contributed by atoms with Crippen LogP contribution in [0.3, 0.4) is 0 Å².